The lowest BCUT2D eigenvalue weighted by Crippen LogP contribution is -1.97. The molecular formula is C16H12ClFN2O. The Kier molecular flexibility index (Phi) is 3.47. The van der Waals surface area contributed by atoms with Crippen LogP contribution in [0.5, 0.6) is 5.88 Å². The summed E-state index contributed by atoms with van der Waals surface area (Å²) in [5.41, 5.74) is 2.46. The standard InChI is InChI=1S/C16H12ClFN2O/c1-9-15(17)14-10(18)5-3-6-11(14)20-16(9)12-7-4-8-13(19-12)21-2/h3-8H,1-2H3. The van der Waals surface area contributed by atoms with Gasteiger partial charge in [-0.2, -0.15) is 0 Å². The Bertz CT molecular complexity index is 836. The van der Waals surface area contributed by atoms with Crippen LogP contribution in [0.15, 0.2) is 36.4 Å². The molecule has 0 spiro atoms. The van der Waals surface area contributed by atoms with E-state index in [1.54, 1.807) is 32.2 Å². The molecule has 0 bridgehead atoms. The summed E-state index contributed by atoms with van der Waals surface area (Å²) in [6.07, 6.45) is 0. The zero-order valence-corrected chi connectivity index (χ0v) is 12.3. The Morgan fingerprint density at radius 1 is 1.10 bits per heavy atom. The van der Waals surface area contributed by atoms with E-state index < -0.39 is 0 Å². The van der Waals surface area contributed by atoms with Gasteiger partial charge in [0, 0.05) is 6.07 Å². The van der Waals surface area contributed by atoms with Gasteiger partial charge in [0.1, 0.15) is 5.82 Å². The first-order valence-corrected chi connectivity index (χ1v) is 6.75. The van der Waals surface area contributed by atoms with Crippen LogP contribution in [0.1, 0.15) is 5.56 Å². The molecule has 3 nitrogen and oxygen atoms in total. The zero-order chi connectivity index (χ0) is 15.0. The third kappa shape index (κ3) is 2.32. The summed E-state index contributed by atoms with van der Waals surface area (Å²) in [5, 5.41) is 0.695. The molecular weight excluding hydrogens is 291 g/mol. The Labute approximate surface area is 126 Å². The SMILES string of the molecule is COc1cccc(-c2nc3cccc(F)c3c(Cl)c2C)n1. The number of pyridine rings is 2. The quantitative estimate of drug-likeness (QED) is 0.703. The molecule has 0 aliphatic heterocycles. The molecule has 0 amide bonds. The first kappa shape index (κ1) is 13.8. The van der Waals surface area contributed by atoms with E-state index in [9.17, 15) is 4.39 Å². The average Bonchev–Trinajstić information content (AvgIpc) is 2.50. The lowest BCUT2D eigenvalue weighted by molar-refractivity contribution is 0.398. The highest BCUT2D eigenvalue weighted by Crippen LogP contribution is 2.33. The van der Waals surface area contributed by atoms with Crippen molar-refractivity contribution in [3.8, 4) is 17.3 Å². The maximum Gasteiger partial charge on any atom is 0.213 e. The minimum Gasteiger partial charge on any atom is -0.481 e. The lowest BCUT2D eigenvalue weighted by atomic mass is 10.1. The molecule has 0 unspecified atom stereocenters. The van der Waals surface area contributed by atoms with E-state index in [4.69, 9.17) is 16.3 Å². The highest BCUT2D eigenvalue weighted by Gasteiger charge is 2.15. The smallest absolute Gasteiger partial charge is 0.213 e. The molecule has 0 fully saturated rings. The van der Waals surface area contributed by atoms with E-state index >= 15 is 0 Å². The first-order chi connectivity index (χ1) is 10.1. The molecule has 1 aromatic carbocycles. The van der Waals surface area contributed by atoms with E-state index in [2.05, 4.69) is 9.97 Å². The van der Waals surface area contributed by atoms with E-state index in [-0.39, 0.29) is 5.82 Å². The van der Waals surface area contributed by atoms with E-state index in [0.717, 1.165) is 0 Å². The van der Waals surface area contributed by atoms with Crippen LogP contribution in [0.2, 0.25) is 5.02 Å². The summed E-state index contributed by atoms with van der Waals surface area (Å²) in [5.74, 6) is 0.113. The summed E-state index contributed by atoms with van der Waals surface area (Å²) < 4.78 is 19.0. The molecule has 2 aromatic heterocycles. The van der Waals surface area contributed by atoms with Gasteiger partial charge in [-0.3, -0.25) is 0 Å². The van der Waals surface area contributed by atoms with Crippen molar-refractivity contribution in [3.63, 3.8) is 0 Å². The Hall–Kier alpha value is -2.20. The van der Waals surface area contributed by atoms with Gasteiger partial charge in [-0.05, 0) is 30.7 Å². The van der Waals surface area contributed by atoms with Crippen LogP contribution >= 0.6 is 11.6 Å². The minimum atomic E-state index is -0.377. The van der Waals surface area contributed by atoms with Crippen LogP contribution in [-0.4, -0.2) is 17.1 Å². The highest BCUT2D eigenvalue weighted by molar-refractivity contribution is 6.36. The summed E-state index contributed by atoms with van der Waals surface area (Å²) in [7, 11) is 1.55. The van der Waals surface area contributed by atoms with Crippen molar-refractivity contribution in [1.29, 1.82) is 0 Å². The summed E-state index contributed by atoms with van der Waals surface area (Å²) >= 11 is 6.32. The second kappa shape index (κ2) is 5.30. The highest BCUT2D eigenvalue weighted by atomic mass is 35.5. The number of ether oxygens (including phenoxy) is 1. The first-order valence-electron chi connectivity index (χ1n) is 6.37. The van der Waals surface area contributed by atoms with E-state index in [1.165, 1.54) is 6.07 Å². The summed E-state index contributed by atoms with van der Waals surface area (Å²) in [4.78, 5) is 8.86. The minimum absolute atomic E-state index is 0.336. The molecule has 21 heavy (non-hydrogen) atoms. The number of aromatic nitrogens is 2. The van der Waals surface area contributed by atoms with Crippen LogP contribution < -0.4 is 4.74 Å². The summed E-state index contributed by atoms with van der Waals surface area (Å²) in [6.45, 7) is 1.80. The van der Waals surface area contributed by atoms with Crippen molar-refractivity contribution in [2.45, 2.75) is 6.92 Å². The Morgan fingerprint density at radius 3 is 2.62 bits per heavy atom. The van der Waals surface area contributed by atoms with Gasteiger partial charge in [-0.15, -0.1) is 0 Å². The van der Waals surface area contributed by atoms with Crippen molar-refractivity contribution in [2.75, 3.05) is 7.11 Å². The summed E-state index contributed by atoms with van der Waals surface area (Å²) in [6, 6.07) is 10.1. The fourth-order valence-electron chi connectivity index (χ4n) is 2.23. The van der Waals surface area contributed by atoms with Gasteiger partial charge in [0.2, 0.25) is 5.88 Å². The van der Waals surface area contributed by atoms with Gasteiger partial charge < -0.3 is 4.74 Å². The molecule has 2 heterocycles. The normalized spacial score (nSPS) is 10.9. The molecule has 3 rings (SSSR count). The molecule has 5 heteroatoms. The van der Waals surface area contributed by atoms with Crippen LogP contribution in [-0.2, 0) is 0 Å². The van der Waals surface area contributed by atoms with Gasteiger partial charge in [0.05, 0.1) is 34.4 Å². The van der Waals surface area contributed by atoms with E-state index in [1.807, 2.05) is 12.1 Å². The fourth-order valence-corrected chi connectivity index (χ4v) is 2.51. The Balaban J connectivity index is 2.31. The fraction of sp³-hybridized carbons (Fsp3) is 0.125. The molecule has 0 atom stereocenters. The van der Waals surface area contributed by atoms with Crippen molar-refractivity contribution in [1.82, 2.24) is 9.97 Å². The number of hydrogen-bond acceptors (Lipinski definition) is 3. The van der Waals surface area contributed by atoms with Gasteiger partial charge in [0.15, 0.2) is 0 Å². The molecule has 0 aliphatic carbocycles. The van der Waals surface area contributed by atoms with Gasteiger partial charge in [0.25, 0.3) is 0 Å². The van der Waals surface area contributed by atoms with Crippen LogP contribution in [0.25, 0.3) is 22.3 Å². The van der Waals surface area contributed by atoms with Crippen molar-refractivity contribution >= 4 is 22.5 Å². The lowest BCUT2D eigenvalue weighted by Gasteiger charge is -2.11. The van der Waals surface area contributed by atoms with E-state index in [0.29, 0.717) is 38.8 Å². The van der Waals surface area contributed by atoms with Crippen molar-refractivity contribution in [3.05, 3.63) is 52.8 Å². The van der Waals surface area contributed by atoms with Gasteiger partial charge in [-0.25, -0.2) is 14.4 Å². The number of benzene rings is 1. The maximum atomic E-state index is 13.9. The van der Waals surface area contributed by atoms with Crippen molar-refractivity contribution < 1.29 is 9.13 Å². The topological polar surface area (TPSA) is 35.0 Å². The third-order valence-corrected chi connectivity index (χ3v) is 3.78. The molecule has 0 saturated heterocycles. The van der Waals surface area contributed by atoms with Crippen molar-refractivity contribution in [2.24, 2.45) is 0 Å². The van der Waals surface area contributed by atoms with Crippen LogP contribution in [0.4, 0.5) is 4.39 Å². The number of hydrogen-bond donors (Lipinski definition) is 0. The second-order valence-corrected chi connectivity index (χ2v) is 4.98. The number of halogens is 2. The van der Waals surface area contributed by atoms with Crippen LogP contribution in [0, 0.1) is 12.7 Å². The average molecular weight is 303 g/mol. The van der Waals surface area contributed by atoms with Crippen LogP contribution in [0.3, 0.4) is 0 Å². The molecule has 0 saturated carbocycles. The number of fused-ring (bicyclic) bond motifs is 1. The molecule has 0 aliphatic rings. The molecule has 106 valence electrons. The predicted octanol–water partition coefficient (Wildman–Crippen LogP) is 4.41. The number of methoxy groups -OCH3 is 1. The van der Waals surface area contributed by atoms with Gasteiger partial charge >= 0.3 is 0 Å². The second-order valence-electron chi connectivity index (χ2n) is 4.60. The Morgan fingerprint density at radius 2 is 1.86 bits per heavy atom. The molecule has 3 aromatic rings. The zero-order valence-electron chi connectivity index (χ0n) is 11.5. The number of rotatable bonds is 2. The monoisotopic (exact) mass is 302 g/mol. The maximum absolute atomic E-state index is 13.9. The third-order valence-electron chi connectivity index (χ3n) is 3.30. The number of nitrogens with zero attached hydrogens (tertiary/aromatic N) is 2. The largest absolute Gasteiger partial charge is 0.481 e. The van der Waals surface area contributed by atoms with Gasteiger partial charge in [-0.1, -0.05) is 23.7 Å². The molecule has 0 N–H and O–H groups in total. The molecule has 0 radical (unpaired) electrons. The predicted molar refractivity (Wildman–Crippen MR) is 81.2 cm³/mol.